The topological polar surface area (TPSA) is 54.9 Å². The minimum absolute atomic E-state index is 0.160. The van der Waals surface area contributed by atoms with Crippen molar-refractivity contribution in [2.24, 2.45) is 0 Å². The highest BCUT2D eigenvalue weighted by Crippen LogP contribution is 2.13. The minimum atomic E-state index is -0.160. The first kappa shape index (κ1) is 13.8. The van der Waals surface area contributed by atoms with Crippen LogP contribution in [0.15, 0.2) is 54.6 Å². The lowest BCUT2D eigenvalue weighted by atomic mass is 10.2. The Morgan fingerprint density at radius 1 is 0.955 bits per heavy atom. The Morgan fingerprint density at radius 2 is 1.73 bits per heavy atom. The lowest BCUT2D eigenvalue weighted by Crippen LogP contribution is -2.07. The van der Waals surface area contributed by atoms with E-state index in [0.717, 1.165) is 10.9 Å². The van der Waals surface area contributed by atoms with Crippen LogP contribution in [-0.4, -0.2) is 15.9 Å². The molecule has 0 atom stereocenters. The fourth-order valence-corrected chi connectivity index (χ4v) is 1.98. The van der Waals surface area contributed by atoms with Crippen LogP contribution in [0.4, 0.5) is 5.82 Å². The van der Waals surface area contributed by atoms with Gasteiger partial charge in [-0.2, -0.15) is 0 Å². The third-order valence-electron chi connectivity index (χ3n) is 2.97. The molecule has 3 aromatic rings. The van der Waals surface area contributed by atoms with Crippen molar-refractivity contribution in [3.05, 3.63) is 65.9 Å². The number of benzene rings is 1. The van der Waals surface area contributed by atoms with E-state index in [4.69, 9.17) is 0 Å². The van der Waals surface area contributed by atoms with Crippen LogP contribution in [0.1, 0.15) is 18.2 Å². The van der Waals surface area contributed by atoms with E-state index in [9.17, 15) is 4.79 Å². The molecule has 0 aliphatic rings. The Hall–Kier alpha value is -3.19. The van der Waals surface area contributed by atoms with Gasteiger partial charge in [0.25, 0.3) is 0 Å². The van der Waals surface area contributed by atoms with Gasteiger partial charge < -0.3 is 5.32 Å². The molecule has 2 heterocycles. The number of amides is 1. The van der Waals surface area contributed by atoms with E-state index >= 15 is 0 Å². The maximum absolute atomic E-state index is 11.1. The summed E-state index contributed by atoms with van der Waals surface area (Å²) >= 11 is 0. The minimum Gasteiger partial charge on any atom is -0.311 e. The largest absolute Gasteiger partial charge is 0.311 e. The fraction of sp³-hybridized carbons (Fsp3) is 0.0556. The van der Waals surface area contributed by atoms with E-state index < -0.39 is 0 Å². The number of pyridine rings is 2. The van der Waals surface area contributed by atoms with E-state index in [1.165, 1.54) is 6.92 Å². The third-order valence-corrected chi connectivity index (χ3v) is 2.97. The van der Waals surface area contributed by atoms with Gasteiger partial charge in [0.05, 0.1) is 0 Å². The molecule has 0 bridgehead atoms. The number of carbonyl (C=O) groups excluding carboxylic acids is 1. The molecule has 4 nitrogen and oxygen atoms in total. The zero-order valence-corrected chi connectivity index (χ0v) is 12.0. The zero-order chi connectivity index (χ0) is 15.4. The quantitative estimate of drug-likeness (QED) is 0.700. The van der Waals surface area contributed by atoms with Crippen molar-refractivity contribution in [3.63, 3.8) is 0 Å². The van der Waals surface area contributed by atoms with Crippen LogP contribution in [0, 0.1) is 11.8 Å². The molecule has 1 amide bonds. The average Bonchev–Trinajstić information content (AvgIpc) is 2.53. The molecule has 1 aromatic carbocycles. The van der Waals surface area contributed by atoms with Gasteiger partial charge in [-0.3, -0.25) is 4.79 Å². The maximum atomic E-state index is 11.1. The fourth-order valence-electron chi connectivity index (χ4n) is 1.98. The van der Waals surface area contributed by atoms with Crippen molar-refractivity contribution >= 4 is 22.8 Å². The van der Waals surface area contributed by atoms with Gasteiger partial charge in [-0.1, -0.05) is 24.1 Å². The molecule has 4 heteroatoms. The smallest absolute Gasteiger partial charge is 0.222 e. The highest BCUT2D eigenvalue weighted by molar-refractivity contribution is 5.89. The molecular formula is C18H13N3O. The summed E-state index contributed by atoms with van der Waals surface area (Å²) in [5.74, 6) is 6.41. The first-order valence-electron chi connectivity index (χ1n) is 6.83. The summed E-state index contributed by atoms with van der Waals surface area (Å²) in [4.78, 5) is 19.8. The van der Waals surface area contributed by atoms with Crippen LogP contribution in [-0.2, 0) is 4.79 Å². The Kier molecular flexibility index (Phi) is 3.80. The number of rotatable bonds is 1. The molecule has 22 heavy (non-hydrogen) atoms. The van der Waals surface area contributed by atoms with Crippen molar-refractivity contribution in [2.45, 2.75) is 6.92 Å². The van der Waals surface area contributed by atoms with Crippen LogP contribution >= 0.6 is 0 Å². The zero-order valence-electron chi connectivity index (χ0n) is 12.0. The van der Waals surface area contributed by atoms with Crippen LogP contribution in [0.25, 0.3) is 11.0 Å². The van der Waals surface area contributed by atoms with Crippen molar-refractivity contribution in [2.75, 3.05) is 5.32 Å². The normalized spacial score (nSPS) is 9.86. The predicted molar refractivity (Wildman–Crippen MR) is 86.3 cm³/mol. The van der Waals surface area contributed by atoms with Crippen molar-refractivity contribution in [1.29, 1.82) is 0 Å². The molecule has 0 fully saturated rings. The second-order valence-electron chi connectivity index (χ2n) is 4.74. The number of anilines is 1. The van der Waals surface area contributed by atoms with Crippen LogP contribution in [0.3, 0.4) is 0 Å². The molecule has 0 saturated heterocycles. The van der Waals surface area contributed by atoms with E-state index in [2.05, 4.69) is 27.1 Å². The maximum Gasteiger partial charge on any atom is 0.222 e. The summed E-state index contributed by atoms with van der Waals surface area (Å²) in [6.07, 6.45) is 0. The Morgan fingerprint density at radius 3 is 2.50 bits per heavy atom. The number of carbonyl (C=O) groups is 1. The molecule has 0 radical (unpaired) electrons. The van der Waals surface area contributed by atoms with Gasteiger partial charge in [-0.25, -0.2) is 9.97 Å². The number of nitrogens with zero attached hydrogens (tertiary/aromatic N) is 2. The summed E-state index contributed by atoms with van der Waals surface area (Å²) in [5, 5.41) is 3.55. The second kappa shape index (κ2) is 6.06. The second-order valence-corrected chi connectivity index (χ2v) is 4.74. The van der Waals surface area contributed by atoms with E-state index in [1.807, 2.05) is 48.5 Å². The highest BCUT2D eigenvalue weighted by atomic mass is 16.1. The van der Waals surface area contributed by atoms with Crippen molar-refractivity contribution in [1.82, 2.24) is 9.97 Å². The summed E-state index contributed by atoms with van der Waals surface area (Å²) in [5.41, 5.74) is 2.14. The van der Waals surface area contributed by atoms with E-state index in [0.29, 0.717) is 17.2 Å². The number of hydrogen-bond acceptors (Lipinski definition) is 3. The average molecular weight is 287 g/mol. The number of nitrogens with one attached hydrogen (secondary N) is 1. The first-order valence-corrected chi connectivity index (χ1v) is 6.83. The van der Waals surface area contributed by atoms with Crippen molar-refractivity contribution in [3.8, 4) is 11.8 Å². The Bertz CT molecular complexity index is 892. The Labute approximate surface area is 128 Å². The SMILES string of the molecule is CC(=O)Nc1ccc2ccc(C#Cc3ccccc3)nc2n1. The van der Waals surface area contributed by atoms with Crippen molar-refractivity contribution < 1.29 is 4.79 Å². The van der Waals surface area contributed by atoms with E-state index in [1.54, 1.807) is 6.07 Å². The van der Waals surface area contributed by atoms with Gasteiger partial charge in [0.15, 0.2) is 5.65 Å². The molecule has 0 aliphatic heterocycles. The van der Waals surface area contributed by atoms with Gasteiger partial charge in [-0.05, 0) is 42.3 Å². The summed E-state index contributed by atoms with van der Waals surface area (Å²) < 4.78 is 0. The monoisotopic (exact) mass is 287 g/mol. The van der Waals surface area contributed by atoms with Gasteiger partial charge >= 0.3 is 0 Å². The number of fused-ring (bicyclic) bond motifs is 1. The summed E-state index contributed by atoms with van der Waals surface area (Å²) in [6.45, 7) is 1.45. The predicted octanol–water partition coefficient (Wildman–Crippen LogP) is 2.99. The Balaban J connectivity index is 1.95. The molecule has 0 aliphatic carbocycles. The van der Waals surface area contributed by atoms with Crippen LogP contribution in [0.5, 0.6) is 0 Å². The van der Waals surface area contributed by atoms with Crippen LogP contribution in [0.2, 0.25) is 0 Å². The lowest BCUT2D eigenvalue weighted by Gasteiger charge is -2.02. The number of aromatic nitrogens is 2. The molecular weight excluding hydrogens is 274 g/mol. The molecule has 106 valence electrons. The molecule has 0 unspecified atom stereocenters. The number of hydrogen-bond donors (Lipinski definition) is 1. The van der Waals surface area contributed by atoms with Gasteiger partial charge in [0.2, 0.25) is 5.91 Å². The molecule has 0 spiro atoms. The van der Waals surface area contributed by atoms with E-state index in [-0.39, 0.29) is 5.91 Å². The molecule has 3 rings (SSSR count). The van der Waals surface area contributed by atoms with Gasteiger partial charge in [0, 0.05) is 17.9 Å². The molecule has 2 aromatic heterocycles. The lowest BCUT2D eigenvalue weighted by molar-refractivity contribution is -0.114. The first-order chi connectivity index (χ1) is 10.7. The standard InChI is InChI=1S/C18H13N3O/c1-13(22)19-17-12-9-15-8-11-16(20-18(15)21-17)10-7-14-5-3-2-4-6-14/h2-6,8-9,11-12H,1H3,(H,19,20,21,22). The summed E-state index contributed by atoms with van der Waals surface area (Å²) in [7, 11) is 0. The summed E-state index contributed by atoms with van der Waals surface area (Å²) in [6, 6.07) is 17.1. The molecule has 0 saturated carbocycles. The third kappa shape index (κ3) is 3.28. The van der Waals surface area contributed by atoms with Gasteiger partial charge in [-0.15, -0.1) is 0 Å². The van der Waals surface area contributed by atoms with Crippen LogP contribution < -0.4 is 5.32 Å². The molecule has 1 N–H and O–H groups in total. The highest BCUT2D eigenvalue weighted by Gasteiger charge is 2.02. The van der Waals surface area contributed by atoms with Gasteiger partial charge in [0.1, 0.15) is 11.5 Å².